The van der Waals surface area contributed by atoms with E-state index in [9.17, 15) is 9.59 Å². The van der Waals surface area contributed by atoms with Crippen LogP contribution in [0, 0.1) is 6.92 Å². The summed E-state index contributed by atoms with van der Waals surface area (Å²) < 4.78 is 1.30. The largest absolute Gasteiger partial charge is 0.346 e. The normalized spacial score (nSPS) is 11.6. The minimum atomic E-state index is -0.265. The fraction of sp³-hybridized carbons (Fsp3) is 0.250. The first-order valence-electron chi connectivity index (χ1n) is 10.1. The zero-order valence-electron chi connectivity index (χ0n) is 18.0. The summed E-state index contributed by atoms with van der Waals surface area (Å²) in [4.78, 5) is 30.1. The molecular weight excluding hydrogens is 408 g/mol. The molecule has 0 aliphatic heterocycles. The second-order valence-electron chi connectivity index (χ2n) is 8.57. The van der Waals surface area contributed by atoms with E-state index in [2.05, 4.69) is 36.2 Å². The zero-order chi connectivity index (χ0) is 22.2. The Morgan fingerprint density at radius 2 is 1.84 bits per heavy atom. The third-order valence-electron chi connectivity index (χ3n) is 5.01. The van der Waals surface area contributed by atoms with E-state index in [1.807, 2.05) is 55.5 Å². The summed E-state index contributed by atoms with van der Waals surface area (Å²) in [6.07, 6.45) is 0. The van der Waals surface area contributed by atoms with Gasteiger partial charge < -0.3 is 5.32 Å². The van der Waals surface area contributed by atoms with Gasteiger partial charge in [-0.25, -0.2) is 4.98 Å². The lowest BCUT2D eigenvalue weighted by molar-refractivity contribution is 0.0950. The van der Waals surface area contributed by atoms with Gasteiger partial charge in [-0.2, -0.15) is 9.61 Å². The van der Waals surface area contributed by atoms with E-state index in [4.69, 9.17) is 0 Å². The molecule has 2 aromatic carbocycles. The molecule has 31 heavy (non-hydrogen) atoms. The maximum Gasteiger partial charge on any atom is 0.275 e. The van der Waals surface area contributed by atoms with Crippen LogP contribution in [0.25, 0.3) is 15.5 Å². The van der Waals surface area contributed by atoms with Crippen LogP contribution in [0.15, 0.2) is 59.4 Å². The average molecular weight is 433 g/mol. The van der Waals surface area contributed by atoms with Gasteiger partial charge in [-0.3, -0.25) is 9.59 Å². The Labute approximate surface area is 184 Å². The fourth-order valence-electron chi connectivity index (χ4n) is 3.24. The number of hydrogen-bond donors (Lipinski definition) is 1. The van der Waals surface area contributed by atoms with Crippen LogP contribution in [-0.4, -0.2) is 20.5 Å². The molecule has 0 unspecified atom stereocenters. The molecule has 158 valence electrons. The van der Waals surface area contributed by atoms with Crippen LogP contribution in [0.4, 0.5) is 0 Å². The fourth-order valence-corrected chi connectivity index (χ4v) is 4.16. The molecular formula is C24H24N4O2S. The summed E-state index contributed by atoms with van der Waals surface area (Å²) in [5.41, 5.74) is 4.08. The lowest BCUT2D eigenvalue weighted by atomic mass is 9.87. The highest BCUT2D eigenvalue weighted by Gasteiger charge is 2.15. The van der Waals surface area contributed by atoms with Crippen molar-refractivity contribution in [1.82, 2.24) is 19.9 Å². The summed E-state index contributed by atoms with van der Waals surface area (Å²) in [6, 6.07) is 16.9. The van der Waals surface area contributed by atoms with E-state index in [-0.39, 0.29) is 23.4 Å². The van der Waals surface area contributed by atoms with Gasteiger partial charge in [-0.1, -0.05) is 68.0 Å². The third kappa shape index (κ3) is 4.56. The number of rotatable bonds is 4. The van der Waals surface area contributed by atoms with Gasteiger partial charge in [0.1, 0.15) is 5.01 Å². The number of nitrogens with zero attached hydrogens (tertiary/aromatic N) is 3. The molecule has 2 aromatic heterocycles. The molecule has 7 heteroatoms. The number of amides is 1. The maximum absolute atomic E-state index is 12.5. The van der Waals surface area contributed by atoms with E-state index in [0.29, 0.717) is 16.2 Å². The van der Waals surface area contributed by atoms with Crippen molar-refractivity contribution in [3.05, 3.63) is 87.3 Å². The van der Waals surface area contributed by atoms with Gasteiger partial charge in [-0.15, -0.1) is 0 Å². The Bertz CT molecular complexity index is 1310. The van der Waals surface area contributed by atoms with Gasteiger partial charge in [-0.05, 0) is 36.1 Å². The van der Waals surface area contributed by atoms with Crippen molar-refractivity contribution in [2.75, 3.05) is 0 Å². The minimum absolute atomic E-state index is 0.0303. The lowest BCUT2D eigenvalue weighted by Gasteiger charge is -2.19. The van der Waals surface area contributed by atoms with Gasteiger partial charge >= 0.3 is 0 Å². The number of fused-ring (bicyclic) bond motifs is 1. The van der Waals surface area contributed by atoms with E-state index in [1.54, 1.807) is 0 Å². The van der Waals surface area contributed by atoms with E-state index in [0.717, 1.165) is 16.1 Å². The summed E-state index contributed by atoms with van der Waals surface area (Å²) >= 11 is 1.35. The number of aromatic nitrogens is 3. The van der Waals surface area contributed by atoms with Crippen LogP contribution >= 0.6 is 11.3 Å². The van der Waals surface area contributed by atoms with Crippen molar-refractivity contribution in [2.45, 2.75) is 39.7 Å². The van der Waals surface area contributed by atoms with Crippen LogP contribution in [0.1, 0.15) is 48.0 Å². The van der Waals surface area contributed by atoms with Gasteiger partial charge in [0.2, 0.25) is 4.96 Å². The SMILES string of the molecule is Cc1cccc(-c2nn3c(=O)cc(CNC(=O)c4ccc(C(C)(C)C)cc4)nc3s2)c1. The topological polar surface area (TPSA) is 76.4 Å². The predicted octanol–water partition coefficient (Wildman–Crippen LogP) is 4.35. The molecule has 0 bridgehead atoms. The predicted molar refractivity (Wildman–Crippen MR) is 124 cm³/mol. The number of carbonyl (C=O) groups is 1. The number of carbonyl (C=O) groups excluding carboxylic acids is 1. The van der Waals surface area contributed by atoms with Crippen LogP contribution in [0.5, 0.6) is 0 Å². The number of hydrogen-bond acceptors (Lipinski definition) is 5. The van der Waals surface area contributed by atoms with Gasteiger partial charge in [0.05, 0.1) is 12.2 Å². The standard InChI is InChI=1S/C24H24N4O2S/c1-15-6-5-7-17(12-15)22-27-28-20(29)13-19(26-23(28)31-22)14-25-21(30)16-8-10-18(11-9-16)24(2,3)4/h5-13H,14H2,1-4H3,(H,25,30). The molecule has 0 saturated carbocycles. The number of benzene rings is 2. The molecule has 0 fully saturated rings. The first-order chi connectivity index (χ1) is 14.7. The Morgan fingerprint density at radius 3 is 2.52 bits per heavy atom. The highest BCUT2D eigenvalue weighted by atomic mass is 32.1. The van der Waals surface area contributed by atoms with Crippen molar-refractivity contribution in [1.29, 1.82) is 0 Å². The zero-order valence-corrected chi connectivity index (χ0v) is 18.8. The molecule has 4 rings (SSSR count). The van der Waals surface area contributed by atoms with Crippen LogP contribution < -0.4 is 10.9 Å². The molecule has 1 amide bonds. The Morgan fingerprint density at radius 1 is 1.10 bits per heavy atom. The van der Waals surface area contributed by atoms with Gasteiger partial charge in [0, 0.05) is 17.2 Å². The van der Waals surface area contributed by atoms with Crippen LogP contribution in [0.2, 0.25) is 0 Å². The average Bonchev–Trinajstić information content (AvgIpc) is 3.16. The summed E-state index contributed by atoms with van der Waals surface area (Å²) in [6.45, 7) is 8.58. The second-order valence-corrected chi connectivity index (χ2v) is 9.52. The van der Waals surface area contributed by atoms with Crippen molar-refractivity contribution in [3.8, 4) is 10.6 Å². The Hall–Kier alpha value is -3.32. The molecule has 6 nitrogen and oxygen atoms in total. The van der Waals surface area contributed by atoms with E-state index in [1.165, 1.54) is 27.5 Å². The van der Waals surface area contributed by atoms with Crippen molar-refractivity contribution >= 4 is 22.2 Å². The molecule has 0 aliphatic carbocycles. The number of nitrogens with one attached hydrogen (secondary N) is 1. The Kier molecular flexibility index (Phi) is 5.45. The van der Waals surface area contributed by atoms with E-state index < -0.39 is 0 Å². The molecule has 1 N–H and O–H groups in total. The summed E-state index contributed by atoms with van der Waals surface area (Å²) in [5.74, 6) is -0.202. The molecule has 4 aromatic rings. The summed E-state index contributed by atoms with van der Waals surface area (Å²) in [5, 5.41) is 7.98. The molecule has 2 heterocycles. The van der Waals surface area contributed by atoms with Crippen molar-refractivity contribution in [3.63, 3.8) is 0 Å². The highest BCUT2D eigenvalue weighted by molar-refractivity contribution is 7.19. The lowest BCUT2D eigenvalue weighted by Crippen LogP contribution is -2.25. The van der Waals surface area contributed by atoms with Gasteiger partial charge in [0.25, 0.3) is 11.5 Å². The first kappa shape index (κ1) is 20.9. The molecule has 0 atom stereocenters. The number of aryl methyl sites for hydroxylation is 1. The van der Waals surface area contributed by atoms with Crippen LogP contribution in [-0.2, 0) is 12.0 Å². The maximum atomic E-state index is 12.5. The van der Waals surface area contributed by atoms with Crippen molar-refractivity contribution in [2.24, 2.45) is 0 Å². The Balaban J connectivity index is 1.52. The molecule has 0 radical (unpaired) electrons. The summed E-state index contributed by atoms with van der Waals surface area (Å²) in [7, 11) is 0. The van der Waals surface area contributed by atoms with Gasteiger partial charge in [0.15, 0.2) is 0 Å². The second kappa shape index (κ2) is 8.07. The molecule has 0 aliphatic rings. The molecule has 0 spiro atoms. The third-order valence-corrected chi connectivity index (χ3v) is 5.96. The molecule has 0 saturated heterocycles. The first-order valence-corrected chi connectivity index (χ1v) is 10.9. The quantitative estimate of drug-likeness (QED) is 0.520. The smallest absolute Gasteiger partial charge is 0.275 e. The highest BCUT2D eigenvalue weighted by Crippen LogP contribution is 2.25. The minimum Gasteiger partial charge on any atom is -0.346 e. The van der Waals surface area contributed by atoms with E-state index >= 15 is 0 Å². The van der Waals surface area contributed by atoms with Crippen molar-refractivity contribution < 1.29 is 4.79 Å². The van der Waals surface area contributed by atoms with Crippen LogP contribution in [0.3, 0.4) is 0 Å². The monoisotopic (exact) mass is 432 g/mol.